The molecule has 1 heteroatoms. The van der Waals surface area contributed by atoms with Gasteiger partial charge in [0.2, 0.25) is 0 Å². The van der Waals surface area contributed by atoms with Crippen LogP contribution in [-0.2, 0) is 16.5 Å². The van der Waals surface area contributed by atoms with Crippen LogP contribution in [0.3, 0.4) is 0 Å². The van der Waals surface area contributed by atoms with Gasteiger partial charge in [0.15, 0.2) is 0 Å². The van der Waals surface area contributed by atoms with Gasteiger partial charge in [0.25, 0.3) is 0 Å². The zero-order valence-electron chi connectivity index (χ0n) is 5.25. The molecule has 0 aliphatic heterocycles. The van der Waals surface area contributed by atoms with Crippen LogP contribution in [0, 0.1) is 12.5 Å². The minimum atomic E-state index is 0. The molecule has 0 heterocycles. The van der Waals surface area contributed by atoms with Gasteiger partial charge in [-0.25, -0.2) is 25.0 Å². The Morgan fingerprint density at radius 2 is 2.00 bits per heavy atom. The van der Waals surface area contributed by atoms with Crippen LogP contribution in [0.4, 0.5) is 0 Å². The van der Waals surface area contributed by atoms with E-state index < -0.39 is 0 Å². The number of hydrogen-bond acceptors (Lipinski definition) is 0. The van der Waals surface area contributed by atoms with E-state index in [1.807, 2.05) is 12.2 Å². The largest absolute Gasteiger partial charge is 2.00 e. The Labute approximate surface area is 67.0 Å². The molecule has 0 radical (unpaired) electrons. The third kappa shape index (κ3) is 7.97. The second-order valence-electron chi connectivity index (χ2n) is 1.87. The fourth-order valence-corrected chi connectivity index (χ4v) is 0.340. The smallest absolute Gasteiger partial charge is 0.333 e. The molecule has 9 heavy (non-hydrogen) atoms. The van der Waals surface area contributed by atoms with Crippen molar-refractivity contribution in [1.82, 2.24) is 0 Å². The van der Waals surface area contributed by atoms with E-state index in [0.717, 1.165) is 6.42 Å². The van der Waals surface area contributed by atoms with Gasteiger partial charge in [-0.1, -0.05) is 0 Å². The maximum atomic E-state index is 2.99. The van der Waals surface area contributed by atoms with Gasteiger partial charge in [-0.05, 0) is 0 Å². The van der Waals surface area contributed by atoms with E-state index in [9.17, 15) is 0 Å². The summed E-state index contributed by atoms with van der Waals surface area (Å²) in [5.74, 6) is 0. The quantitative estimate of drug-likeness (QED) is 0.381. The van der Waals surface area contributed by atoms with Gasteiger partial charge < -0.3 is 6.42 Å². The molecule has 52 valence electrons. The third-order valence-corrected chi connectivity index (χ3v) is 0.875. The molecular weight excluding hydrogens is 155 g/mol. The van der Waals surface area contributed by atoms with E-state index in [1.165, 1.54) is 12.8 Å². The molecule has 2 aliphatic carbocycles. The van der Waals surface area contributed by atoms with E-state index in [2.05, 4.69) is 18.6 Å². The molecule has 0 atom stereocenters. The SMILES string of the molecule is [C-]1=CC=CC1.[CH-]1CC1.[Ni+2]. The second kappa shape index (κ2) is 6.10. The molecule has 0 aromatic heterocycles. The van der Waals surface area contributed by atoms with Crippen LogP contribution >= 0.6 is 0 Å². The molecule has 0 aromatic carbocycles. The van der Waals surface area contributed by atoms with Crippen LogP contribution in [0.1, 0.15) is 19.3 Å². The molecule has 1 fully saturated rings. The summed E-state index contributed by atoms with van der Waals surface area (Å²) in [6.07, 6.45) is 15.0. The molecule has 0 amide bonds. The Kier molecular flexibility index (Phi) is 6.08. The molecule has 0 N–H and O–H groups in total. The van der Waals surface area contributed by atoms with E-state index in [-0.39, 0.29) is 16.5 Å². The predicted molar refractivity (Wildman–Crippen MR) is 35.1 cm³/mol. The van der Waals surface area contributed by atoms with Crippen LogP contribution in [0.15, 0.2) is 18.2 Å². The van der Waals surface area contributed by atoms with Crippen molar-refractivity contribution in [2.24, 2.45) is 0 Å². The summed E-state index contributed by atoms with van der Waals surface area (Å²) >= 11 is 0. The van der Waals surface area contributed by atoms with Gasteiger partial charge >= 0.3 is 16.5 Å². The van der Waals surface area contributed by atoms with Crippen LogP contribution in [-0.4, -0.2) is 0 Å². The molecule has 0 nitrogen and oxygen atoms in total. The number of hydrogen-bond donors (Lipinski definition) is 0. The topological polar surface area (TPSA) is 0 Å². The van der Waals surface area contributed by atoms with Crippen molar-refractivity contribution in [1.29, 1.82) is 0 Å². The summed E-state index contributed by atoms with van der Waals surface area (Å²) in [7, 11) is 0. The Morgan fingerprint density at radius 3 is 2.11 bits per heavy atom. The van der Waals surface area contributed by atoms with Crippen molar-refractivity contribution in [3.05, 3.63) is 30.7 Å². The number of allylic oxidation sites excluding steroid dienone is 4. The minimum absolute atomic E-state index is 0. The first-order chi connectivity index (χ1) is 4.00. The first-order valence-electron chi connectivity index (χ1n) is 3.03. The van der Waals surface area contributed by atoms with Crippen molar-refractivity contribution in [3.63, 3.8) is 0 Å². The minimum Gasteiger partial charge on any atom is -0.333 e. The molecule has 1 saturated carbocycles. The third-order valence-electron chi connectivity index (χ3n) is 0.875. The fourth-order valence-electron chi connectivity index (χ4n) is 0.340. The Balaban J connectivity index is 0.000000140. The first-order valence-corrected chi connectivity index (χ1v) is 3.03. The van der Waals surface area contributed by atoms with E-state index in [4.69, 9.17) is 0 Å². The van der Waals surface area contributed by atoms with Crippen LogP contribution in [0.25, 0.3) is 0 Å². The second-order valence-corrected chi connectivity index (χ2v) is 1.87. The standard InChI is InChI=1S/C5H5.C3H5.Ni/c1-2-4-5-3-1;1-2-3-1;/h1-3H,4H2;1H,2-3H2;/q2*-1;+2. The summed E-state index contributed by atoms with van der Waals surface area (Å²) in [5, 5.41) is 0. The van der Waals surface area contributed by atoms with E-state index in [1.54, 1.807) is 0 Å². The van der Waals surface area contributed by atoms with Gasteiger partial charge in [-0.15, -0.1) is 6.42 Å². The van der Waals surface area contributed by atoms with Gasteiger partial charge in [0.1, 0.15) is 0 Å². The summed E-state index contributed by atoms with van der Waals surface area (Å²) in [6.45, 7) is 0. The van der Waals surface area contributed by atoms with Gasteiger partial charge in [0, 0.05) is 0 Å². The van der Waals surface area contributed by atoms with Crippen LogP contribution in [0.2, 0.25) is 0 Å². The zero-order chi connectivity index (χ0) is 5.66. The number of rotatable bonds is 0. The molecular formula is C8H10Ni. The van der Waals surface area contributed by atoms with Gasteiger partial charge in [0.05, 0.1) is 0 Å². The maximum Gasteiger partial charge on any atom is 2.00 e. The summed E-state index contributed by atoms with van der Waals surface area (Å²) in [4.78, 5) is 0. The van der Waals surface area contributed by atoms with E-state index in [0.29, 0.717) is 0 Å². The van der Waals surface area contributed by atoms with Gasteiger partial charge in [-0.3, -0.25) is 6.08 Å². The normalized spacial score (nSPS) is 17.8. The summed E-state index contributed by atoms with van der Waals surface area (Å²) in [5.41, 5.74) is 0. The van der Waals surface area contributed by atoms with Gasteiger partial charge in [-0.2, -0.15) is 6.08 Å². The zero-order valence-corrected chi connectivity index (χ0v) is 6.23. The average molecular weight is 165 g/mol. The Bertz CT molecular complexity index is 88.4. The average Bonchev–Trinajstić information content (AvgIpc) is 2.55. The maximum absolute atomic E-state index is 2.99. The Hall–Kier alpha value is -0.0265. The van der Waals surface area contributed by atoms with Crippen molar-refractivity contribution < 1.29 is 16.5 Å². The van der Waals surface area contributed by atoms with Crippen LogP contribution in [0.5, 0.6) is 0 Å². The Morgan fingerprint density at radius 1 is 1.33 bits per heavy atom. The van der Waals surface area contributed by atoms with Crippen molar-refractivity contribution >= 4 is 0 Å². The summed E-state index contributed by atoms with van der Waals surface area (Å²) < 4.78 is 0. The molecule has 2 rings (SSSR count). The monoisotopic (exact) mass is 164 g/mol. The molecule has 2 aliphatic rings. The molecule has 0 saturated heterocycles. The van der Waals surface area contributed by atoms with Crippen molar-refractivity contribution in [2.45, 2.75) is 19.3 Å². The molecule has 0 unspecified atom stereocenters. The predicted octanol–water partition coefficient (Wildman–Crippen LogP) is 2.29. The first kappa shape index (κ1) is 8.97. The molecule has 0 bridgehead atoms. The summed E-state index contributed by atoms with van der Waals surface area (Å²) in [6, 6.07) is 0. The molecule has 0 spiro atoms. The van der Waals surface area contributed by atoms with E-state index >= 15 is 0 Å². The molecule has 0 aromatic rings. The van der Waals surface area contributed by atoms with Crippen LogP contribution < -0.4 is 0 Å². The fraction of sp³-hybridized carbons (Fsp3) is 0.375. The van der Waals surface area contributed by atoms with Crippen molar-refractivity contribution in [2.75, 3.05) is 0 Å². The van der Waals surface area contributed by atoms with Crippen molar-refractivity contribution in [3.8, 4) is 0 Å².